The van der Waals surface area contributed by atoms with Crippen molar-refractivity contribution in [1.82, 2.24) is 19.7 Å². The third-order valence-corrected chi connectivity index (χ3v) is 3.79. The molecule has 0 fully saturated rings. The predicted octanol–water partition coefficient (Wildman–Crippen LogP) is 1.71. The minimum atomic E-state index is -0.340. The molecule has 0 aliphatic carbocycles. The molecule has 0 aliphatic rings. The Morgan fingerprint density at radius 2 is 2.04 bits per heavy atom. The number of nitrogens with one attached hydrogen (secondary N) is 1. The van der Waals surface area contributed by atoms with Crippen molar-refractivity contribution < 1.29 is 4.79 Å². The Kier molecular flexibility index (Phi) is 4.24. The summed E-state index contributed by atoms with van der Waals surface area (Å²) in [6, 6.07) is 9.45. The molecule has 7 nitrogen and oxygen atoms in total. The van der Waals surface area contributed by atoms with Crippen LogP contribution < -0.4 is 10.9 Å². The molecule has 1 amide bonds. The lowest BCUT2D eigenvalue weighted by Gasteiger charge is -2.07. The van der Waals surface area contributed by atoms with Crippen molar-refractivity contribution in [2.24, 2.45) is 0 Å². The number of hydrogen-bond acceptors (Lipinski definition) is 6. The minimum Gasteiger partial charge on any atom is -0.303 e. The topological polar surface area (TPSA) is 89.8 Å². The summed E-state index contributed by atoms with van der Waals surface area (Å²) in [5, 5.41) is 11.4. The van der Waals surface area contributed by atoms with Crippen LogP contribution in [0.15, 0.2) is 47.5 Å². The monoisotopic (exact) mass is 327 g/mol. The van der Waals surface area contributed by atoms with E-state index in [0.717, 1.165) is 10.6 Å². The Hall–Kier alpha value is -2.87. The standard InChI is InChI=1S/C15H13N5O2S/c1-10-18-19-15(23-10)17-13(21)9-20-8-12(16-7-14(20)22)11-5-3-2-4-6-11/h2-8H,9H2,1H3,(H,17,19,21). The first-order chi connectivity index (χ1) is 11.1. The normalized spacial score (nSPS) is 10.5. The molecule has 0 aliphatic heterocycles. The molecule has 0 saturated carbocycles. The summed E-state index contributed by atoms with van der Waals surface area (Å²) >= 11 is 1.28. The Labute approximate surface area is 135 Å². The van der Waals surface area contributed by atoms with Crippen LogP contribution >= 0.6 is 11.3 Å². The summed E-state index contributed by atoms with van der Waals surface area (Å²) in [7, 11) is 0. The van der Waals surface area contributed by atoms with Gasteiger partial charge in [0.05, 0.1) is 11.9 Å². The van der Waals surface area contributed by atoms with Gasteiger partial charge in [0.2, 0.25) is 11.0 Å². The third-order valence-electron chi connectivity index (χ3n) is 3.03. The van der Waals surface area contributed by atoms with Crippen LogP contribution in [0.4, 0.5) is 5.13 Å². The van der Waals surface area contributed by atoms with Gasteiger partial charge in [-0.05, 0) is 6.92 Å². The molecule has 3 rings (SSSR count). The molecule has 2 aromatic heterocycles. The minimum absolute atomic E-state index is 0.111. The van der Waals surface area contributed by atoms with E-state index in [2.05, 4.69) is 20.5 Å². The smallest absolute Gasteiger partial charge is 0.269 e. The van der Waals surface area contributed by atoms with Crippen molar-refractivity contribution in [3.8, 4) is 11.3 Å². The van der Waals surface area contributed by atoms with Crippen molar-refractivity contribution in [2.75, 3.05) is 5.32 Å². The van der Waals surface area contributed by atoms with E-state index in [1.807, 2.05) is 30.3 Å². The molecule has 2 heterocycles. The number of anilines is 1. The number of aryl methyl sites for hydroxylation is 1. The molecule has 0 radical (unpaired) electrons. The first-order valence-corrected chi connectivity index (χ1v) is 7.65. The van der Waals surface area contributed by atoms with E-state index in [0.29, 0.717) is 10.8 Å². The fourth-order valence-corrected chi connectivity index (χ4v) is 2.59. The number of carbonyl (C=O) groups excluding carboxylic acids is 1. The lowest BCUT2D eigenvalue weighted by molar-refractivity contribution is -0.116. The van der Waals surface area contributed by atoms with E-state index in [1.165, 1.54) is 22.1 Å². The highest BCUT2D eigenvalue weighted by Gasteiger charge is 2.09. The molecule has 3 aromatic rings. The average molecular weight is 327 g/mol. The zero-order valence-electron chi connectivity index (χ0n) is 12.3. The highest BCUT2D eigenvalue weighted by molar-refractivity contribution is 7.15. The second kappa shape index (κ2) is 6.49. The lowest BCUT2D eigenvalue weighted by Crippen LogP contribution is -2.27. The molecular formula is C15H13N5O2S. The Morgan fingerprint density at radius 1 is 1.26 bits per heavy atom. The molecule has 0 atom stereocenters. The van der Waals surface area contributed by atoms with Gasteiger partial charge in [0.25, 0.3) is 5.56 Å². The van der Waals surface area contributed by atoms with Crippen molar-refractivity contribution in [3.05, 3.63) is 58.1 Å². The highest BCUT2D eigenvalue weighted by atomic mass is 32.1. The van der Waals surface area contributed by atoms with Gasteiger partial charge in [-0.1, -0.05) is 41.7 Å². The first kappa shape index (κ1) is 15.0. The van der Waals surface area contributed by atoms with Crippen LogP contribution in [-0.2, 0) is 11.3 Å². The van der Waals surface area contributed by atoms with Gasteiger partial charge in [-0.3, -0.25) is 14.9 Å². The quantitative estimate of drug-likeness (QED) is 0.788. The van der Waals surface area contributed by atoms with Crippen LogP contribution in [0.3, 0.4) is 0 Å². The zero-order chi connectivity index (χ0) is 16.2. The maximum absolute atomic E-state index is 12.0. The van der Waals surface area contributed by atoms with Gasteiger partial charge in [-0.2, -0.15) is 0 Å². The molecule has 116 valence electrons. The fourth-order valence-electron chi connectivity index (χ4n) is 1.99. The number of hydrogen-bond donors (Lipinski definition) is 1. The van der Waals surface area contributed by atoms with Gasteiger partial charge >= 0.3 is 0 Å². The number of amides is 1. The van der Waals surface area contributed by atoms with Gasteiger partial charge in [0.15, 0.2) is 0 Å². The Bertz CT molecular complexity index is 888. The fraction of sp³-hybridized carbons (Fsp3) is 0.133. The van der Waals surface area contributed by atoms with Crippen LogP contribution in [-0.4, -0.2) is 25.7 Å². The summed E-state index contributed by atoms with van der Waals surface area (Å²) in [4.78, 5) is 28.0. The third kappa shape index (κ3) is 3.67. The maximum atomic E-state index is 12.0. The number of aromatic nitrogens is 4. The molecule has 23 heavy (non-hydrogen) atoms. The molecule has 0 unspecified atom stereocenters. The summed E-state index contributed by atoms with van der Waals surface area (Å²) in [5.41, 5.74) is 1.17. The highest BCUT2D eigenvalue weighted by Crippen LogP contribution is 2.15. The van der Waals surface area contributed by atoms with Gasteiger partial charge in [-0.25, -0.2) is 4.98 Å². The van der Waals surface area contributed by atoms with Crippen LogP contribution in [0, 0.1) is 6.92 Å². The molecule has 1 aromatic carbocycles. The van der Waals surface area contributed by atoms with E-state index in [4.69, 9.17) is 0 Å². The summed E-state index contributed by atoms with van der Waals surface area (Å²) < 4.78 is 1.32. The van der Waals surface area contributed by atoms with E-state index >= 15 is 0 Å². The van der Waals surface area contributed by atoms with Crippen molar-refractivity contribution >= 4 is 22.4 Å². The van der Waals surface area contributed by atoms with E-state index in [-0.39, 0.29) is 18.0 Å². The molecule has 0 bridgehead atoms. The van der Waals surface area contributed by atoms with E-state index < -0.39 is 0 Å². The van der Waals surface area contributed by atoms with Gasteiger partial charge in [-0.15, -0.1) is 10.2 Å². The maximum Gasteiger partial charge on any atom is 0.269 e. The summed E-state index contributed by atoms with van der Waals surface area (Å²) in [6.45, 7) is 1.69. The Morgan fingerprint density at radius 3 is 2.74 bits per heavy atom. The lowest BCUT2D eigenvalue weighted by atomic mass is 10.2. The summed E-state index contributed by atoms with van der Waals surface area (Å²) in [5.74, 6) is -0.339. The van der Waals surface area contributed by atoms with Crippen LogP contribution in [0.25, 0.3) is 11.3 Å². The SMILES string of the molecule is Cc1nnc(NC(=O)Cn2cc(-c3ccccc3)ncc2=O)s1. The van der Waals surface area contributed by atoms with Gasteiger partial charge in [0.1, 0.15) is 11.6 Å². The molecule has 1 N–H and O–H groups in total. The number of benzene rings is 1. The van der Waals surface area contributed by atoms with Crippen molar-refractivity contribution in [3.63, 3.8) is 0 Å². The van der Waals surface area contributed by atoms with Crippen molar-refractivity contribution in [2.45, 2.75) is 13.5 Å². The van der Waals surface area contributed by atoms with Crippen LogP contribution in [0.1, 0.15) is 5.01 Å². The first-order valence-electron chi connectivity index (χ1n) is 6.84. The number of carbonyl (C=O) groups is 1. The molecule has 8 heteroatoms. The van der Waals surface area contributed by atoms with Crippen LogP contribution in [0.2, 0.25) is 0 Å². The Balaban J connectivity index is 1.79. The van der Waals surface area contributed by atoms with Crippen molar-refractivity contribution in [1.29, 1.82) is 0 Å². The van der Waals surface area contributed by atoms with E-state index in [9.17, 15) is 9.59 Å². The predicted molar refractivity (Wildman–Crippen MR) is 87.2 cm³/mol. The summed E-state index contributed by atoms with van der Waals surface area (Å²) in [6.07, 6.45) is 2.79. The molecular weight excluding hydrogens is 314 g/mol. The number of rotatable bonds is 4. The molecule has 0 spiro atoms. The largest absolute Gasteiger partial charge is 0.303 e. The van der Waals surface area contributed by atoms with E-state index in [1.54, 1.807) is 13.1 Å². The second-order valence-corrected chi connectivity index (χ2v) is 5.96. The van der Waals surface area contributed by atoms with Crippen LogP contribution in [0.5, 0.6) is 0 Å². The second-order valence-electron chi connectivity index (χ2n) is 4.78. The number of nitrogens with zero attached hydrogens (tertiary/aromatic N) is 4. The zero-order valence-corrected chi connectivity index (χ0v) is 13.1. The van der Waals surface area contributed by atoms with Gasteiger partial charge in [0, 0.05) is 11.8 Å². The average Bonchev–Trinajstić information content (AvgIpc) is 2.95. The molecule has 0 saturated heterocycles. The van der Waals surface area contributed by atoms with Gasteiger partial charge < -0.3 is 4.57 Å².